The minimum Gasteiger partial charge on any atom is -0.323 e. The summed E-state index contributed by atoms with van der Waals surface area (Å²) in [4.78, 5) is 23.5. The molecular formula is C7H10N2O2. The second kappa shape index (κ2) is 1.75. The molecule has 1 saturated heterocycles. The molecule has 0 aromatic rings. The molecule has 0 aromatic carbocycles. The highest BCUT2D eigenvalue weighted by molar-refractivity contribution is 6.07. The maximum Gasteiger partial charge on any atom is 0.324 e. The molecule has 0 radical (unpaired) electrons. The molecule has 1 heterocycles. The predicted octanol–water partition coefficient (Wildman–Crippen LogP) is 0.0907. The van der Waals surface area contributed by atoms with E-state index in [1.165, 1.54) is 11.9 Å². The van der Waals surface area contributed by atoms with E-state index in [0.29, 0.717) is 0 Å². The summed E-state index contributed by atoms with van der Waals surface area (Å²) in [5.74, 6) is -0.0613. The van der Waals surface area contributed by atoms with Crippen molar-refractivity contribution >= 4 is 11.9 Å². The second-order valence-electron chi connectivity index (χ2n) is 3.23. The molecule has 1 aliphatic carbocycles. The summed E-state index contributed by atoms with van der Waals surface area (Å²) >= 11 is 0. The summed E-state index contributed by atoms with van der Waals surface area (Å²) in [6.07, 6.45) is 2.66. The van der Waals surface area contributed by atoms with Crippen molar-refractivity contribution in [3.63, 3.8) is 0 Å². The molecule has 1 N–H and O–H groups in total. The van der Waals surface area contributed by atoms with Crippen LogP contribution >= 0.6 is 0 Å². The van der Waals surface area contributed by atoms with Crippen molar-refractivity contribution in [1.29, 1.82) is 0 Å². The number of likely N-dealkylation sites (N-methyl/N-ethyl adjacent to an activating group) is 1. The maximum absolute atomic E-state index is 11.4. The smallest absolute Gasteiger partial charge is 0.323 e. The molecule has 0 bridgehead atoms. The van der Waals surface area contributed by atoms with Crippen molar-refractivity contribution in [2.75, 3.05) is 7.05 Å². The first-order chi connectivity index (χ1) is 5.16. The summed E-state index contributed by atoms with van der Waals surface area (Å²) < 4.78 is 0. The monoisotopic (exact) mass is 154 g/mol. The fraction of sp³-hybridized carbons (Fsp3) is 0.714. The highest BCUT2D eigenvalue weighted by atomic mass is 16.2. The van der Waals surface area contributed by atoms with Crippen molar-refractivity contribution in [1.82, 2.24) is 10.2 Å². The van der Waals surface area contributed by atoms with E-state index in [0.717, 1.165) is 19.3 Å². The number of nitrogens with one attached hydrogen (secondary N) is 1. The third kappa shape index (κ3) is 0.640. The topological polar surface area (TPSA) is 49.4 Å². The number of imide groups is 1. The molecule has 2 fully saturated rings. The molecule has 0 atom stereocenters. The summed E-state index contributed by atoms with van der Waals surface area (Å²) in [5, 5.41) is 2.70. The number of nitrogens with zero attached hydrogens (tertiary/aromatic N) is 1. The number of amides is 3. The predicted molar refractivity (Wildman–Crippen MR) is 37.9 cm³/mol. The molecule has 11 heavy (non-hydrogen) atoms. The van der Waals surface area contributed by atoms with E-state index >= 15 is 0 Å². The van der Waals surface area contributed by atoms with Gasteiger partial charge >= 0.3 is 6.03 Å². The summed E-state index contributed by atoms with van der Waals surface area (Å²) in [7, 11) is 1.52. The molecule has 0 unspecified atom stereocenters. The Bertz CT molecular complexity index is 233. The molecule has 3 amide bonds. The zero-order valence-electron chi connectivity index (χ0n) is 6.39. The lowest BCUT2D eigenvalue weighted by Crippen LogP contribution is -2.52. The Morgan fingerprint density at radius 1 is 1.45 bits per heavy atom. The molecule has 60 valence electrons. The number of rotatable bonds is 0. The van der Waals surface area contributed by atoms with Gasteiger partial charge in [0.15, 0.2) is 0 Å². The largest absolute Gasteiger partial charge is 0.324 e. The minimum atomic E-state index is -0.494. The van der Waals surface area contributed by atoms with Crippen LogP contribution < -0.4 is 5.32 Å². The summed E-state index contributed by atoms with van der Waals surface area (Å²) in [6, 6.07) is -0.255. The van der Waals surface area contributed by atoms with Gasteiger partial charge in [-0.25, -0.2) is 4.79 Å². The van der Waals surface area contributed by atoms with E-state index in [4.69, 9.17) is 0 Å². The minimum absolute atomic E-state index is 0.0613. The fourth-order valence-electron chi connectivity index (χ4n) is 1.62. The van der Waals surface area contributed by atoms with Crippen LogP contribution in [-0.4, -0.2) is 29.4 Å². The average Bonchev–Trinajstić information content (AvgIpc) is 2.12. The standard InChI is InChI=1S/C7H10N2O2/c1-9-5(10)7(3-2-4-7)8-6(9)11/h2-4H2,1H3,(H,8,11). The number of hydrogen-bond donors (Lipinski definition) is 1. The van der Waals surface area contributed by atoms with Crippen molar-refractivity contribution in [3.05, 3.63) is 0 Å². The lowest BCUT2D eigenvalue weighted by atomic mass is 9.77. The SMILES string of the molecule is CN1C(=O)NC2(CCC2)C1=O. The zero-order valence-corrected chi connectivity index (χ0v) is 6.39. The van der Waals surface area contributed by atoms with E-state index < -0.39 is 5.54 Å². The fourth-order valence-corrected chi connectivity index (χ4v) is 1.62. The lowest BCUT2D eigenvalue weighted by molar-refractivity contribution is -0.133. The molecular weight excluding hydrogens is 144 g/mol. The quantitative estimate of drug-likeness (QED) is 0.503. The van der Waals surface area contributed by atoms with Crippen LogP contribution in [-0.2, 0) is 4.79 Å². The Morgan fingerprint density at radius 2 is 2.09 bits per heavy atom. The third-order valence-electron chi connectivity index (χ3n) is 2.57. The lowest BCUT2D eigenvalue weighted by Gasteiger charge is -2.34. The van der Waals surface area contributed by atoms with Gasteiger partial charge in [0.2, 0.25) is 0 Å². The molecule has 1 aliphatic heterocycles. The summed E-state index contributed by atoms with van der Waals surface area (Å²) in [6.45, 7) is 0. The Labute approximate surface area is 64.5 Å². The normalized spacial score (nSPS) is 27.2. The van der Waals surface area contributed by atoms with Gasteiger partial charge in [0.25, 0.3) is 5.91 Å². The van der Waals surface area contributed by atoms with Gasteiger partial charge in [0.1, 0.15) is 5.54 Å². The van der Waals surface area contributed by atoms with Crippen molar-refractivity contribution < 1.29 is 9.59 Å². The molecule has 2 rings (SSSR count). The van der Waals surface area contributed by atoms with Crippen LogP contribution in [0.3, 0.4) is 0 Å². The Hall–Kier alpha value is -1.06. The molecule has 1 spiro atoms. The molecule has 2 aliphatic rings. The Morgan fingerprint density at radius 3 is 2.27 bits per heavy atom. The van der Waals surface area contributed by atoms with Crippen LogP contribution in [0.2, 0.25) is 0 Å². The maximum atomic E-state index is 11.4. The van der Waals surface area contributed by atoms with E-state index in [9.17, 15) is 9.59 Å². The third-order valence-corrected chi connectivity index (χ3v) is 2.57. The van der Waals surface area contributed by atoms with Crippen LogP contribution in [0.15, 0.2) is 0 Å². The van der Waals surface area contributed by atoms with E-state index in [2.05, 4.69) is 5.32 Å². The van der Waals surface area contributed by atoms with Gasteiger partial charge in [0.05, 0.1) is 0 Å². The number of carbonyl (C=O) groups excluding carboxylic acids is 2. The average molecular weight is 154 g/mol. The molecule has 4 nitrogen and oxygen atoms in total. The van der Waals surface area contributed by atoms with Crippen molar-refractivity contribution in [2.24, 2.45) is 0 Å². The highest BCUT2D eigenvalue weighted by Gasteiger charge is 2.53. The van der Waals surface area contributed by atoms with Crippen LogP contribution in [0.5, 0.6) is 0 Å². The van der Waals surface area contributed by atoms with Gasteiger partial charge in [-0.3, -0.25) is 9.69 Å². The van der Waals surface area contributed by atoms with Crippen LogP contribution in [0.25, 0.3) is 0 Å². The van der Waals surface area contributed by atoms with Gasteiger partial charge < -0.3 is 5.32 Å². The second-order valence-corrected chi connectivity index (χ2v) is 3.23. The van der Waals surface area contributed by atoms with Gasteiger partial charge in [0, 0.05) is 7.05 Å². The zero-order chi connectivity index (χ0) is 8.06. The number of hydrogen-bond acceptors (Lipinski definition) is 2. The number of urea groups is 1. The molecule has 4 heteroatoms. The first-order valence-electron chi connectivity index (χ1n) is 3.76. The first kappa shape index (κ1) is 6.64. The molecule has 1 saturated carbocycles. The van der Waals surface area contributed by atoms with Crippen LogP contribution in [0, 0.1) is 0 Å². The molecule has 0 aromatic heterocycles. The van der Waals surface area contributed by atoms with E-state index in [1.54, 1.807) is 0 Å². The summed E-state index contributed by atoms with van der Waals surface area (Å²) in [5.41, 5.74) is -0.494. The number of carbonyl (C=O) groups is 2. The van der Waals surface area contributed by atoms with Crippen LogP contribution in [0.4, 0.5) is 4.79 Å². The van der Waals surface area contributed by atoms with Gasteiger partial charge in [-0.15, -0.1) is 0 Å². The van der Waals surface area contributed by atoms with Crippen molar-refractivity contribution in [2.45, 2.75) is 24.8 Å². The van der Waals surface area contributed by atoms with Gasteiger partial charge in [-0.05, 0) is 19.3 Å². The van der Waals surface area contributed by atoms with Crippen LogP contribution in [0.1, 0.15) is 19.3 Å². The van der Waals surface area contributed by atoms with Gasteiger partial charge in [-0.2, -0.15) is 0 Å². The van der Waals surface area contributed by atoms with Crippen molar-refractivity contribution in [3.8, 4) is 0 Å². The first-order valence-corrected chi connectivity index (χ1v) is 3.76. The highest BCUT2D eigenvalue weighted by Crippen LogP contribution is 2.36. The van der Waals surface area contributed by atoms with Gasteiger partial charge in [-0.1, -0.05) is 0 Å². The van der Waals surface area contributed by atoms with E-state index in [-0.39, 0.29) is 11.9 Å². The van der Waals surface area contributed by atoms with E-state index in [1.807, 2.05) is 0 Å². The Balaban J connectivity index is 2.27. The Kier molecular flexibility index (Phi) is 1.06.